The van der Waals surface area contributed by atoms with Gasteiger partial charge in [-0.15, -0.1) is 0 Å². The molecule has 1 fully saturated rings. The zero-order valence-corrected chi connectivity index (χ0v) is 18.7. The number of para-hydroxylation sites is 1. The number of allylic oxidation sites excluding steroid dienone is 6. The second-order valence-electron chi connectivity index (χ2n) is 8.89. The number of benzene rings is 1. The van der Waals surface area contributed by atoms with Gasteiger partial charge >= 0.3 is 0 Å². The van der Waals surface area contributed by atoms with Crippen LogP contribution in [0.25, 0.3) is 16.5 Å². The van der Waals surface area contributed by atoms with Crippen molar-refractivity contribution in [1.82, 2.24) is 10.3 Å². The van der Waals surface area contributed by atoms with Crippen molar-refractivity contribution >= 4 is 27.9 Å². The second-order valence-corrected chi connectivity index (χ2v) is 8.89. The molecule has 1 atom stereocenters. The van der Waals surface area contributed by atoms with E-state index in [0.29, 0.717) is 12.0 Å². The summed E-state index contributed by atoms with van der Waals surface area (Å²) in [5.74, 6) is 0.492. The van der Waals surface area contributed by atoms with Crippen LogP contribution in [0.1, 0.15) is 44.7 Å². The Balaban J connectivity index is 1.56. The number of hydrogen-bond acceptors (Lipinski definition) is 3. The molecule has 0 spiro atoms. The number of hydrogen-bond donors (Lipinski definition) is 2. The van der Waals surface area contributed by atoms with Gasteiger partial charge in [0.25, 0.3) is 0 Å². The van der Waals surface area contributed by atoms with Gasteiger partial charge in [-0.3, -0.25) is 0 Å². The molecule has 3 heterocycles. The molecule has 2 N–H and O–H groups in total. The van der Waals surface area contributed by atoms with Gasteiger partial charge in [-0.1, -0.05) is 43.4 Å². The molecule has 4 nitrogen and oxygen atoms in total. The minimum Gasteiger partial charge on any atom is -0.380 e. The van der Waals surface area contributed by atoms with Crippen LogP contribution in [0.5, 0.6) is 0 Å². The summed E-state index contributed by atoms with van der Waals surface area (Å²) in [6.45, 7) is 4.44. The zero-order valence-electron chi connectivity index (χ0n) is 18.7. The van der Waals surface area contributed by atoms with Crippen LogP contribution in [0.3, 0.4) is 0 Å². The highest BCUT2D eigenvalue weighted by molar-refractivity contribution is 5.96. The molecule has 0 saturated carbocycles. The van der Waals surface area contributed by atoms with Crippen molar-refractivity contribution in [1.29, 1.82) is 0 Å². The third-order valence-electron chi connectivity index (χ3n) is 7.01. The summed E-state index contributed by atoms with van der Waals surface area (Å²) < 4.78 is 2.41. The first kappa shape index (κ1) is 20.2. The fourth-order valence-corrected chi connectivity index (χ4v) is 5.33. The smallest absolute Gasteiger partial charge is 0.188 e. The SMILES string of the molecule is CCC1=C(c2ccc3cccc(NC4CCNCC4)c3n2)CCC2C=CC=CC2=[N+]1C. The first-order valence-corrected chi connectivity index (χ1v) is 11.8. The van der Waals surface area contributed by atoms with Crippen molar-refractivity contribution in [2.75, 3.05) is 25.5 Å². The number of piperidine rings is 1. The van der Waals surface area contributed by atoms with Crippen LogP contribution < -0.4 is 10.6 Å². The van der Waals surface area contributed by atoms with Crippen molar-refractivity contribution < 1.29 is 4.58 Å². The van der Waals surface area contributed by atoms with Gasteiger partial charge < -0.3 is 10.6 Å². The standard InChI is InChI=1S/C27H33N4/c1-3-25-22(13-11-19-7-4-5-10-26(19)31(25)2)23-14-12-20-8-6-9-24(27(20)30-23)29-21-15-17-28-18-16-21/h4-10,12,14,19,21,28-29H,3,11,13,15-18H2,1-2H3/q+1. The molecule has 1 aliphatic carbocycles. The van der Waals surface area contributed by atoms with E-state index in [1.54, 1.807) is 0 Å². The van der Waals surface area contributed by atoms with Gasteiger partial charge in [0.15, 0.2) is 11.4 Å². The van der Waals surface area contributed by atoms with Crippen molar-refractivity contribution in [2.24, 2.45) is 5.92 Å². The fourth-order valence-electron chi connectivity index (χ4n) is 5.33. The number of aromatic nitrogens is 1. The lowest BCUT2D eigenvalue weighted by Crippen LogP contribution is -2.35. The molecule has 1 aromatic heterocycles. The predicted octanol–water partition coefficient (Wildman–Crippen LogP) is 5.14. The molecule has 1 saturated heterocycles. The zero-order chi connectivity index (χ0) is 21.2. The average Bonchev–Trinajstić information content (AvgIpc) is 2.96. The van der Waals surface area contributed by atoms with E-state index in [1.807, 2.05) is 0 Å². The van der Waals surface area contributed by atoms with Crippen LogP contribution in [0.15, 0.2) is 60.3 Å². The highest BCUT2D eigenvalue weighted by atomic mass is 15.0. The number of pyridine rings is 1. The van der Waals surface area contributed by atoms with E-state index in [2.05, 4.69) is 83.8 Å². The normalized spacial score (nSPS) is 22.1. The lowest BCUT2D eigenvalue weighted by molar-refractivity contribution is -0.446. The van der Waals surface area contributed by atoms with Gasteiger partial charge in [-0.05, 0) is 50.9 Å². The lowest BCUT2D eigenvalue weighted by Gasteiger charge is -2.25. The van der Waals surface area contributed by atoms with Gasteiger partial charge in [0, 0.05) is 29.5 Å². The summed E-state index contributed by atoms with van der Waals surface area (Å²) in [6, 6.07) is 11.5. The molecular weight excluding hydrogens is 380 g/mol. The number of nitrogens with one attached hydrogen (secondary N) is 2. The van der Waals surface area contributed by atoms with Gasteiger partial charge in [-0.25, -0.2) is 9.56 Å². The average molecular weight is 414 g/mol. The molecule has 0 amide bonds. The summed E-state index contributed by atoms with van der Waals surface area (Å²) in [7, 11) is 2.22. The van der Waals surface area contributed by atoms with Crippen LogP contribution in [-0.4, -0.2) is 41.5 Å². The molecule has 2 aliphatic heterocycles. The number of nitrogens with zero attached hydrogens (tertiary/aromatic N) is 2. The van der Waals surface area contributed by atoms with Gasteiger partial charge in [0.05, 0.1) is 22.8 Å². The van der Waals surface area contributed by atoms with Crippen LogP contribution in [-0.2, 0) is 0 Å². The maximum atomic E-state index is 5.25. The predicted molar refractivity (Wildman–Crippen MR) is 131 cm³/mol. The molecule has 3 aliphatic rings. The van der Waals surface area contributed by atoms with Crippen LogP contribution >= 0.6 is 0 Å². The topological polar surface area (TPSA) is 40.0 Å². The van der Waals surface area contributed by atoms with Crippen molar-refractivity contribution in [3.8, 4) is 0 Å². The summed E-state index contributed by atoms with van der Waals surface area (Å²) >= 11 is 0. The van der Waals surface area contributed by atoms with E-state index in [1.165, 1.54) is 28.1 Å². The minimum atomic E-state index is 0.492. The number of fused-ring (bicyclic) bond motifs is 2. The first-order valence-electron chi connectivity index (χ1n) is 11.8. The van der Waals surface area contributed by atoms with E-state index in [9.17, 15) is 0 Å². The van der Waals surface area contributed by atoms with Crippen LogP contribution in [0.2, 0.25) is 0 Å². The Morgan fingerprint density at radius 2 is 1.97 bits per heavy atom. The molecular formula is C27H33N4+. The second kappa shape index (κ2) is 8.80. The van der Waals surface area contributed by atoms with E-state index in [4.69, 9.17) is 4.98 Å². The third-order valence-corrected chi connectivity index (χ3v) is 7.01. The molecule has 1 unspecified atom stereocenters. The van der Waals surface area contributed by atoms with E-state index < -0.39 is 0 Å². The van der Waals surface area contributed by atoms with Crippen molar-refractivity contribution in [2.45, 2.75) is 45.1 Å². The summed E-state index contributed by atoms with van der Waals surface area (Å²) in [5.41, 5.74) is 7.59. The van der Waals surface area contributed by atoms with Crippen LogP contribution in [0.4, 0.5) is 5.69 Å². The quantitative estimate of drug-likeness (QED) is 0.682. The minimum absolute atomic E-state index is 0.492. The highest BCUT2D eigenvalue weighted by Crippen LogP contribution is 2.34. The Hall–Kier alpha value is -2.72. The number of rotatable bonds is 4. The molecule has 2 aromatic rings. The summed E-state index contributed by atoms with van der Waals surface area (Å²) in [5, 5.41) is 8.45. The maximum absolute atomic E-state index is 5.25. The monoisotopic (exact) mass is 413 g/mol. The van der Waals surface area contributed by atoms with Gasteiger partial charge in [0.2, 0.25) is 0 Å². The van der Waals surface area contributed by atoms with Crippen molar-refractivity contribution in [3.05, 3.63) is 66.0 Å². The Labute approximate surface area is 185 Å². The Kier molecular flexibility index (Phi) is 5.73. The van der Waals surface area contributed by atoms with Crippen molar-refractivity contribution in [3.63, 3.8) is 0 Å². The molecule has 160 valence electrons. The molecule has 31 heavy (non-hydrogen) atoms. The Morgan fingerprint density at radius 1 is 1.10 bits per heavy atom. The lowest BCUT2D eigenvalue weighted by atomic mass is 9.92. The van der Waals surface area contributed by atoms with E-state index in [0.717, 1.165) is 56.4 Å². The molecule has 4 heteroatoms. The number of anilines is 1. The first-order chi connectivity index (χ1) is 15.2. The summed E-state index contributed by atoms with van der Waals surface area (Å²) in [4.78, 5) is 5.25. The maximum Gasteiger partial charge on any atom is 0.188 e. The molecule has 0 bridgehead atoms. The van der Waals surface area contributed by atoms with E-state index >= 15 is 0 Å². The fraction of sp³-hybridized carbons (Fsp3) is 0.407. The van der Waals surface area contributed by atoms with Gasteiger partial charge in [0.1, 0.15) is 7.05 Å². The molecule has 5 rings (SSSR count). The Bertz CT molecular complexity index is 1100. The third kappa shape index (κ3) is 3.97. The largest absolute Gasteiger partial charge is 0.380 e. The van der Waals surface area contributed by atoms with Crippen LogP contribution in [0, 0.1) is 5.92 Å². The highest BCUT2D eigenvalue weighted by Gasteiger charge is 2.30. The van der Waals surface area contributed by atoms with E-state index in [-0.39, 0.29) is 0 Å². The molecule has 1 aromatic carbocycles. The summed E-state index contributed by atoms with van der Waals surface area (Å²) in [6.07, 6.45) is 14.5. The van der Waals surface area contributed by atoms with Gasteiger partial charge in [-0.2, -0.15) is 0 Å². The Morgan fingerprint density at radius 3 is 2.81 bits per heavy atom. The molecule has 0 radical (unpaired) electrons.